The molecule has 5 aliphatic rings. The zero-order chi connectivity index (χ0) is 39.2. The van der Waals surface area contributed by atoms with Gasteiger partial charge in [0, 0.05) is 29.4 Å². The van der Waals surface area contributed by atoms with Crippen molar-refractivity contribution in [2.45, 2.75) is 153 Å². The quantitative estimate of drug-likeness (QED) is 0.183. The van der Waals surface area contributed by atoms with Gasteiger partial charge in [-0.25, -0.2) is 4.39 Å². The Bertz CT molecular complexity index is 1700. The molecule has 0 saturated heterocycles. The fourth-order valence-corrected chi connectivity index (χ4v) is 13.9. The maximum absolute atomic E-state index is 14.7. The highest BCUT2D eigenvalue weighted by atomic mass is 35.5. The van der Waals surface area contributed by atoms with Crippen LogP contribution < -0.4 is 5.32 Å². The van der Waals surface area contributed by atoms with Gasteiger partial charge in [-0.15, -0.1) is 0 Å². The van der Waals surface area contributed by atoms with Crippen molar-refractivity contribution in [3.63, 3.8) is 0 Å². The predicted molar refractivity (Wildman–Crippen MR) is 208 cm³/mol. The highest BCUT2D eigenvalue weighted by molar-refractivity contribution is 6.30. The number of nitrogens with one attached hydrogen (secondary N) is 1. The Kier molecular flexibility index (Phi) is 10.3. The number of benzene rings is 1. The molecule has 0 radical (unpaired) electrons. The monoisotopic (exact) mass is 753 g/mol. The summed E-state index contributed by atoms with van der Waals surface area (Å²) in [6.45, 7) is 23.4. The first-order chi connectivity index (χ1) is 24.5. The van der Waals surface area contributed by atoms with Crippen LogP contribution in [0.5, 0.6) is 0 Å². The summed E-state index contributed by atoms with van der Waals surface area (Å²) in [5, 5.41) is 13.3. The Morgan fingerprint density at radius 3 is 2.34 bits per heavy atom. The van der Waals surface area contributed by atoms with Crippen LogP contribution in [0.3, 0.4) is 0 Å². The largest absolute Gasteiger partial charge is 0.481 e. The second-order valence-electron chi connectivity index (χ2n) is 20.4. The van der Waals surface area contributed by atoms with E-state index >= 15 is 0 Å². The van der Waals surface area contributed by atoms with E-state index in [4.69, 9.17) is 16.3 Å². The van der Waals surface area contributed by atoms with Crippen LogP contribution in [-0.2, 0) is 25.7 Å². The van der Waals surface area contributed by atoms with Gasteiger partial charge in [-0.2, -0.15) is 0 Å². The number of halogens is 2. The van der Waals surface area contributed by atoms with E-state index in [1.165, 1.54) is 5.57 Å². The van der Waals surface area contributed by atoms with Gasteiger partial charge in [-0.1, -0.05) is 84.7 Å². The molecular formula is C45H65ClFNO5. The van der Waals surface area contributed by atoms with Gasteiger partial charge in [0.05, 0.1) is 16.9 Å². The average Bonchev–Trinajstić information content (AvgIpc) is 3.37. The number of rotatable bonds is 10. The zero-order valence-electron chi connectivity index (χ0n) is 34.1. The maximum atomic E-state index is 14.7. The molecule has 0 amide bonds. The number of carboxylic acids is 1. The molecule has 0 aromatic heterocycles. The lowest BCUT2D eigenvalue weighted by molar-refractivity contribution is -0.249. The molecule has 294 valence electrons. The predicted octanol–water partition coefficient (Wildman–Crippen LogP) is 10.7. The molecule has 0 bridgehead atoms. The summed E-state index contributed by atoms with van der Waals surface area (Å²) in [5.41, 5.74) is 1.49. The zero-order valence-corrected chi connectivity index (χ0v) is 34.8. The fourth-order valence-electron chi connectivity index (χ4n) is 13.7. The lowest BCUT2D eigenvalue weighted by Gasteiger charge is -2.75. The van der Waals surface area contributed by atoms with E-state index in [2.05, 4.69) is 60.7 Å². The summed E-state index contributed by atoms with van der Waals surface area (Å²) >= 11 is 6.07. The van der Waals surface area contributed by atoms with Crippen molar-refractivity contribution in [1.82, 2.24) is 5.32 Å². The van der Waals surface area contributed by atoms with Crippen LogP contribution >= 0.6 is 11.6 Å². The minimum Gasteiger partial charge on any atom is -0.481 e. The van der Waals surface area contributed by atoms with Crippen LogP contribution in [0.25, 0.3) is 0 Å². The van der Waals surface area contributed by atoms with Crippen LogP contribution in [0.15, 0.2) is 29.3 Å². The minimum absolute atomic E-state index is 0.00624. The first kappa shape index (κ1) is 40.4. The van der Waals surface area contributed by atoms with E-state index in [-0.39, 0.29) is 61.8 Å². The Hall–Kier alpha value is -2.25. The topological polar surface area (TPSA) is 92.7 Å². The molecule has 1 aromatic rings. The first-order valence-corrected chi connectivity index (χ1v) is 20.7. The lowest BCUT2D eigenvalue weighted by Crippen LogP contribution is -2.68. The summed E-state index contributed by atoms with van der Waals surface area (Å²) in [7, 11) is 0. The molecule has 6 rings (SSSR count). The highest BCUT2D eigenvalue weighted by Crippen LogP contribution is 2.80. The van der Waals surface area contributed by atoms with Crippen LogP contribution in [-0.4, -0.2) is 35.5 Å². The van der Waals surface area contributed by atoms with Crippen molar-refractivity contribution < 1.29 is 28.6 Å². The number of allylic oxidation sites excluding steroid dienone is 2. The molecule has 4 fully saturated rings. The van der Waals surface area contributed by atoms with E-state index in [1.54, 1.807) is 32.0 Å². The number of hydrogen-bond acceptors (Lipinski definition) is 5. The van der Waals surface area contributed by atoms with Crippen molar-refractivity contribution >= 4 is 29.3 Å². The number of fused-ring (bicyclic) bond motifs is 7. The number of ketones is 1. The molecular weight excluding hydrogens is 689 g/mol. The smallest absolute Gasteiger partial charge is 0.309 e. The number of Topliss-reactive ketones (excluding diaryl/α,β-unsaturated/α-hetero) is 1. The molecule has 4 saturated carbocycles. The third-order valence-electron chi connectivity index (χ3n) is 16.8. The van der Waals surface area contributed by atoms with Gasteiger partial charge in [0.1, 0.15) is 11.9 Å². The molecule has 8 atom stereocenters. The Balaban J connectivity index is 1.27. The SMILES string of the molecule is CC(C)C1=C2C(CCNCc3cccc(Cl)c3F)(CC[C@]3(C)[C@]2(C)CC[C@@H]2[C@@]4(C)CC[C@H](OC(=O)CC(C)(C)C(=O)O)C(C)(C)[C@@H]4CC[C@]23C)CC1=O. The summed E-state index contributed by atoms with van der Waals surface area (Å²) in [4.78, 5) is 39.0. The molecule has 1 unspecified atom stereocenters. The normalized spacial score (nSPS) is 37.8. The number of carbonyl (C=O) groups is 3. The maximum Gasteiger partial charge on any atom is 0.309 e. The molecule has 53 heavy (non-hydrogen) atoms. The van der Waals surface area contributed by atoms with E-state index in [1.807, 2.05) is 0 Å². The third kappa shape index (κ3) is 6.07. The van der Waals surface area contributed by atoms with Crippen LogP contribution in [0.4, 0.5) is 4.39 Å². The van der Waals surface area contributed by atoms with Crippen molar-refractivity contribution in [3.8, 4) is 0 Å². The number of aliphatic carboxylic acids is 1. The van der Waals surface area contributed by atoms with Gasteiger partial charge in [0.15, 0.2) is 5.78 Å². The number of carboxylic acid groups (broad SMARTS) is 1. The van der Waals surface area contributed by atoms with Gasteiger partial charge in [-0.3, -0.25) is 14.4 Å². The molecule has 0 aliphatic heterocycles. The molecule has 0 heterocycles. The molecule has 6 nitrogen and oxygen atoms in total. The number of hydrogen-bond donors (Lipinski definition) is 2. The summed E-state index contributed by atoms with van der Waals surface area (Å²) in [5.74, 6) is -0.428. The molecule has 2 N–H and O–H groups in total. The third-order valence-corrected chi connectivity index (χ3v) is 17.1. The van der Waals surface area contributed by atoms with Gasteiger partial charge < -0.3 is 15.2 Å². The lowest BCUT2D eigenvalue weighted by atomic mass is 9.30. The summed E-state index contributed by atoms with van der Waals surface area (Å²) in [6.07, 6.45) is 9.19. The average molecular weight is 754 g/mol. The minimum atomic E-state index is -1.17. The molecule has 1 aromatic carbocycles. The Morgan fingerprint density at radius 1 is 1.00 bits per heavy atom. The Morgan fingerprint density at radius 2 is 1.68 bits per heavy atom. The molecule has 5 aliphatic carbocycles. The van der Waals surface area contributed by atoms with Crippen molar-refractivity contribution in [2.24, 2.45) is 55.7 Å². The van der Waals surface area contributed by atoms with E-state index < -0.39 is 17.4 Å². The fraction of sp³-hybridized carbons (Fsp3) is 0.756. The van der Waals surface area contributed by atoms with Gasteiger partial charge >= 0.3 is 11.9 Å². The van der Waals surface area contributed by atoms with E-state index in [9.17, 15) is 23.9 Å². The molecule has 8 heteroatoms. The van der Waals surface area contributed by atoms with Gasteiger partial charge in [0.2, 0.25) is 0 Å². The van der Waals surface area contributed by atoms with Crippen molar-refractivity contribution in [3.05, 3.63) is 45.7 Å². The number of carbonyl (C=O) groups excluding carboxylic acids is 2. The first-order valence-electron chi connectivity index (χ1n) is 20.4. The van der Waals surface area contributed by atoms with Crippen LogP contribution in [0.2, 0.25) is 5.02 Å². The summed E-state index contributed by atoms with van der Waals surface area (Å²) < 4.78 is 20.9. The number of esters is 1. The van der Waals surface area contributed by atoms with Crippen molar-refractivity contribution in [1.29, 1.82) is 0 Å². The van der Waals surface area contributed by atoms with Crippen molar-refractivity contribution in [2.75, 3.05) is 6.54 Å². The van der Waals surface area contributed by atoms with Crippen LogP contribution in [0.1, 0.15) is 145 Å². The second kappa shape index (κ2) is 13.5. The second-order valence-corrected chi connectivity index (χ2v) is 20.8. The standard InChI is InChI=1S/C45H65ClFNO5/c1-27(2)35-30(49)24-45(22-23-48-26-28-12-11-13-29(46)36(28)47)21-20-44(10)42(8)18-14-31-40(5,6)33(53-34(50)25-39(3,4)38(51)52)16-17-41(31,7)32(42)15-19-43(44,9)37(35)45/h11-13,27,31-33,48H,14-26H2,1-10H3,(H,51,52)/t31-,32+,33-,41-,42+,43+,44-,45?/m0/s1. The van der Waals surface area contributed by atoms with Crippen LogP contribution in [0, 0.1) is 61.5 Å². The summed E-state index contributed by atoms with van der Waals surface area (Å²) in [6, 6.07) is 5.14. The van der Waals surface area contributed by atoms with Gasteiger partial charge in [-0.05, 0) is 129 Å². The number of ether oxygens (including phenoxy) is 1. The molecule has 0 spiro atoms. The Labute approximate surface area is 322 Å². The van der Waals surface area contributed by atoms with E-state index in [0.717, 1.165) is 63.4 Å². The van der Waals surface area contributed by atoms with E-state index in [0.29, 0.717) is 42.7 Å². The highest BCUT2D eigenvalue weighted by Gasteiger charge is 2.73. The van der Waals surface area contributed by atoms with Gasteiger partial charge in [0.25, 0.3) is 0 Å².